The van der Waals surface area contributed by atoms with E-state index in [-0.39, 0.29) is 35.7 Å². The number of nitrogens with one attached hydrogen (secondary N) is 1. The minimum absolute atomic E-state index is 0.0349. The van der Waals surface area contributed by atoms with Crippen molar-refractivity contribution < 1.29 is 39.9 Å². The molecule has 0 aliphatic carbocycles. The first-order valence-corrected chi connectivity index (χ1v) is 12.0. The Labute approximate surface area is 203 Å². The van der Waals surface area contributed by atoms with Crippen LogP contribution in [-0.2, 0) is 21.0 Å². The van der Waals surface area contributed by atoms with Gasteiger partial charge in [-0.25, -0.2) is 17.2 Å². The van der Waals surface area contributed by atoms with Gasteiger partial charge in [0.15, 0.2) is 0 Å². The van der Waals surface area contributed by atoms with Gasteiger partial charge < -0.3 is 10.1 Å². The molecule has 1 heterocycles. The van der Waals surface area contributed by atoms with Gasteiger partial charge in [0.25, 0.3) is 10.0 Å². The number of amides is 1. The number of benzene rings is 3. The molecule has 0 saturated heterocycles. The van der Waals surface area contributed by atoms with E-state index in [1.807, 2.05) is 0 Å². The number of nitrogens with zero attached hydrogens (tertiary/aromatic N) is 1. The Morgan fingerprint density at radius 1 is 1.08 bits per heavy atom. The molecule has 0 radical (unpaired) electrons. The zero-order valence-electron chi connectivity index (χ0n) is 18.6. The molecule has 6 nitrogen and oxygen atoms in total. The topological polar surface area (TPSA) is 75.7 Å². The molecule has 36 heavy (non-hydrogen) atoms. The van der Waals surface area contributed by atoms with Crippen molar-refractivity contribution in [2.75, 3.05) is 17.4 Å². The number of rotatable bonds is 5. The molecule has 1 aliphatic rings. The summed E-state index contributed by atoms with van der Waals surface area (Å²) in [7, 11) is -4.57. The molecule has 0 unspecified atom stereocenters. The molecule has 1 atom stereocenters. The Hall–Kier alpha value is -3.67. The molecule has 0 bridgehead atoms. The van der Waals surface area contributed by atoms with Crippen LogP contribution in [0.2, 0.25) is 0 Å². The third-order valence-corrected chi connectivity index (χ3v) is 7.23. The first kappa shape index (κ1) is 25.4. The van der Waals surface area contributed by atoms with Crippen molar-refractivity contribution in [2.45, 2.75) is 24.1 Å². The summed E-state index contributed by atoms with van der Waals surface area (Å²) in [6.07, 6.45) is -5.65. The smallest absolute Gasteiger partial charge is 0.416 e. The quantitative estimate of drug-likeness (QED) is 0.488. The largest absolute Gasteiger partial charge is 0.484 e. The molecule has 0 fully saturated rings. The molecule has 4 rings (SSSR count). The fraction of sp³-hybridized carbons (Fsp3) is 0.208. The lowest BCUT2D eigenvalue weighted by molar-refractivity contribution is -0.137. The van der Waals surface area contributed by atoms with Crippen molar-refractivity contribution in [3.63, 3.8) is 0 Å². The molecule has 3 aromatic rings. The number of hydrogen-bond donors (Lipinski definition) is 1. The molecule has 3 aromatic carbocycles. The maximum atomic E-state index is 14.4. The van der Waals surface area contributed by atoms with Crippen molar-refractivity contribution in [1.82, 2.24) is 5.32 Å². The zero-order chi connectivity index (χ0) is 26.3. The number of carbonyl (C=O) groups excluding carboxylic acids is 1. The van der Waals surface area contributed by atoms with Gasteiger partial charge in [0, 0.05) is 12.5 Å². The van der Waals surface area contributed by atoms with Gasteiger partial charge in [-0.15, -0.1) is 0 Å². The molecule has 1 aliphatic heterocycles. The summed E-state index contributed by atoms with van der Waals surface area (Å²) in [5.74, 6) is -1.84. The van der Waals surface area contributed by atoms with Crippen LogP contribution >= 0.6 is 0 Å². The molecule has 0 saturated carbocycles. The molecule has 12 heteroatoms. The number of carbonyl (C=O) groups is 1. The van der Waals surface area contributed by atoms with Crippen LogP contribution in [0, 0.1) is 11.6 Å². The van der Waals surface area contributed by atoms with Gasteiger partial charge in [-0.05, 0) is 54.1 Å². The maximum absolute atomic E-state index is 14.4. The van der Waals surface area contributed by atoms with Gasteiger partial charge in [-0.1, -0.05) is 12.1 Å². The first-order chi connectivity index (χ1) is 16.9. The highest BCUT2D eigenvalue weighted by molar-refractivity contribution is 7.92. The summed E-state index contributed by atoms with van der Waals surface area (Å²) in [5.41, 5.74) is -1.25. The van der Waals surface area contributed by atoms with Crippen LogP contribution in [0.25, 0.3) is 11.1 Å². The standard InChI is InChI=1S/C24H19F5N2O4S/c1-14(32)30-12-18-13-31(36(33,34)19-4-2-3-16(10-19)24(27,28)29)22-9-15(5-8-23(22)35-18)20-11-17(25)6-7-21(20)26/h2-11,18H,12-13H2,1H3,(H,30,32)/t18-/m0/s1. The van der Waals surface area contributed by atoms with E-state index in [2.05, 4.69) is 5.32 Å². The van der Waals surface area contributed by atoms with Gasteiger partial charge in [-0.3, -0.25) is 9.10 Å². The van der Waals surface area contributed by atoms with E-state index in [1.54, 1.807) is 0 Å². The SMILES string of the molecule is CC(=O)NC[C@H]1CN(S(=O)(=O)c2cccc(C(F)(F)F)c2)c2cc(-c3cc(F)ccc3F)ccc2O1. The second-order valence-corrected chi connectivity index (χ2v) is 9.91. The summed E-state index contributed by atoms with van der Waals surface area (Å²) in [4.78, 5) is 10.7. The predicted octanol–water partition coefficient (Wildman–Crippen LogP) is 4.74. The molecular formula is C24H19F5N2O4S. The fourth-order valence-electron chi connectivity index (χ4n) is 3.75. The summed E-state index contributed by atoms with van der Waals surface area (Å²) >= 11 is 0. The minimum atomic E-state index is -4.77. The predicted molar refractivity (Wildman–Crippen MR) is 121 cm³/mol. The number of alkyl halides is 3. The Morgan fingerprint density at radius 2 is 1.83 bits per heavy atom. The van der Waals surface area contributed by atoms with Crippen molar-refractivity contribution in [1.29, 1.82) is 0 Å². The van der Waals surface area contributed by atoms with Crippen LogP contribution in [-0.4, -0.2) is 33.5 Å². The van der Waals surface area contributed by atoms with E-state index in [0.717, 1.165) is 40.7 Å². The molecule has 0 aromatic heterocycles. The Kier molecular flexibility index (Phi) is 6.65. The summed E-state index contributed by atoms with van der Waals surface area (Å²) in [6.45, 7) is 0.818. The van der Waals surface area contributed by atoms with Crippen LogP contribution < -0.4 is 14.4 Å². The lowest BCUT2D eigenvalue weighted by Gasteiger charge is -2.36. The normalized spacial score (nSPS) is 15.7. The summed E-state index contributed by atoms with van der Waals surface area (Å²) in [6, 6.07) is 10.1. The van der Waals surface area contributed by atoms with Crippen LogP contribution in [0.3, 0.4) is 0 Å². The first-order valence-electron chi connectivity index (χ1n) is 10.6. The van der Waals surface area contributed by atoms with E-state index in [1.165, 1.54) is 25.1 Å². The van der Waals surface area contributed by atoms with Crippen LogP contribution in [0.15, 0.2) is 65.6 Å². The lowest BCUT2D eigenvalue weighted by atomic mass is 10.0. The number of fused-ring (bicyclic) bond motifs is 1. The van der Waals surface area contributed by atoms with Crippen LogP contribution in [0.4, 0.5) is 27.6 Å². The molecular weight excluding hydrogens is 507 g/mol. The van der Waals surface area contributed by atoms with Gasteiger partial charge in [0.2, 0.25) is 5.91 Å². The Bertz CT molecular complexity index is 1430. The summed E-state index contributed by atoms with van der Waals surface area (Å²) < 4.78 is 102. The van der Waals surface area contributed by atoms with Gasteiger partial charge >= 0.3 is 6.18 Å². The zero-order valence-corrected chi connectivity index (χ0v) is 19.5. The average Bonchev–Trinajstić information content (AvgIpc) is 2.83. The Morgan fingerprint density at radius 3 is 2.53 bits per heavy atom. The van der Waals surface area contributed by atoms with Crippen molar-refractivity contribution in [2.24, 2.45) is 0 Å². The van der Waals surface area contributed by atoms with Gasteiger partial charge in [0.05, 0.1) is 29.2 Å². The molecule has 1 N–H and O–H groups in total. The number of ether oxygens (including phenoxy) is 1. The monoisotopic (exact) mass is 526 g/mol. The van der Waals surface area contributed by atoms with Crippen LogP contribution in [0.5, 0.6) is 5.75 Å². The van der Waals surface area contributed by atoms with Crippen molar-refractivity contribution >= 4 is 21.6 Å². The number of anilines is 1. The third kappa shape index (κ3) is 5.13. The number of halogens is 5. The van der Waals surface area contributed by atoms with Crippen molar-refractivity contribution in [3.05, 3.63) is 77.9 Å². The van der Waals surface area contributed by atoms with E-state index >= 15 is 0 Å². The fourth-order valence-corrected chi connectivity index (χ4v) is 5.29. The number of sulfonamides is 1. The lowest BCUT2D eigenvalue weighted by Crippen LogP contribution is -2.48. The third-order valence-electron chi connectivity index (χ3n) is 5.46. The summed E-state index contributed by atoms with van der Waals surface area (Å²) in [5, 5.41) is 2.51. The highest BCUT2D eigenvalue weighted by Crippen LogP contribution is 2.41. The molecule has 0 spiro atoms. The molecule has 190 valence electrons. The van der Waals surface area contributed by atoms with Crippen molar-refractivity contribution in [3.8, 4) is 16.9 Å². The van der Waals surface area contributed by atoms with Gasteiger partial charge in [0.1, 0.15) is 23.5 Å². The highest BCUT2D eigenvalue weighted by Gasteiger charge is 2.37. The van der Waals surface area contributed by atoms with Gasteiger partial charge in [-0.2, -0.15) is 13.2 Å². The number of hydrogen-bond acceptors (Lipinski definition) is 4. The second-order valence-electron chi connectivity index (χ2n) is 8.05. The van der Waals surface area contributed by atoms with E-state index in [4.69, 9.17) is 4.74 Å². The van der Waals surface area contributed by atoms with E-state index in [9.17, 15) is 35.2 Å². The van der Waals surface area contributed by atoms with E-state index < -0.39 is 50.3 Å². The van der Waals surface area contributed by atoms with E-state index in [0.29, 0.717) is 6.07 Å². The maximum Gasteiger partial charge on any atom is 0.416 e. The minimum Gasteiger partial charge on any atom is -0.484 e. The Balaban J connectivity index is 1.83. The second kappa shape index (κ2) is 9.41. The average molecular weight is 526 g/mol. The van der Waals surface area contributed by atoms with Crippen LogP contribution in [0.1, 0.15) is 12.5 Å². The highest BCUT2D eigenvalue weighted by atomic mass is 32.2. The molecule has 1 amide bonds.